The van der Waals surface area contributed by atoms with Gasteiger partial charge in [0.25, 0.3) is 0 Å². The fourth-order valence-electron chi connectivity index (χ4n) is 4.33. The van der Waals surface area contributed by atoms with E-state index in [0.717, 1.165) is 29.6 Å². The van der Waals surface area contributed by atoms with Gasteiger partial charge < -0.3 is 0 Å². The molecule has 0 nitrogen and oxygen atoms in total. The van der Waals surface area contributed by atoms with Crippen LogP contribution < -0.4 is 0 Å². The quantitative estimate of drug-likeness (QED) is 0.603. The van der Waals surface area contributed by atoms with E-state index in [-0.39, 0.29) is 0 Å². The van der Waals surface area contributed by atoms with Crippen LogP contribution >= 0.6 is 0 Å². The molecule has 0 radical (unpaired) electrons. The lowest BCUT2D eigenvalue weighted by Crippen LogP contribution is -2.38. The Morgan fingerprint density at radius 3 is 1.67 bits per heavy atom. The van der Waals surface area contributed by atoms with Gasteiger partial charge in [-0.25, -0.2) is 0 Å². The molecule has 0 aromatic rings. The highest BCUT2D eigenvalue weighted by molar-refractivity contribution is 4.88. The summed E-state index contributed by atoms with van der Waals surface area (Å²) in [7, 11) is 0. The Kier molecular flexibility index (Phi) is 5.15. The van der Waals surface area contributed by atoms with Crippen molar-refractivity contribution in [2.24, 2.45) is 29.6 Å². The summed E-state index contributed by atoms with van der Waals surface area (Å²) >= 11 is 0. The van der Waals surface area contributed by atoms with Crippen LogP contribution in [-0.2, 0) is 0 Å². The third-order valence-electron chi connectivity index (χ3n) is 5.05. The first-order valence-electron chi connectivity index (χ1n) is 7.19. The molecule has 0 heteroatoms. The van der Waals surface area contributed by atoms with Gasteiger partial charge in [-0.2, -0.15) is 0 Å². The van der Waals surface area contributed by atoms with Gasteiger partial charge in [0, 0.05) is 0 Å². The first-order valence-corrected chi connectivity index (χ1v) is 7.19. The van der Waals surface area contributed by atoms with Crippen LogP contribution in [0, 0.1) is 29.6 Å². The topological polar surface area (TPSA) is 0 Å². The van der Waals surface area contributed by atoms with E-state index >= 15 is 0 Å². The molecule has 0 amide bonds. The highest BCUT2D eigenvalue weighted by atomic mass is 14.4. The molecular weight excluding hydrogens is 180 g/mol. The van der Waals surface area contributed by atoms with E-state index in [4.69, 9.17) is 0 Å². The standard InChI is InChI=1S/C15H30/c1-6-12-10-11(5)13(7-2)15(9-4)14(12)8-3/h11-15H,6-10H2,1-5H3. The summed E-state index contributed by atoms with van der Waals surface area (Å²) in [6, 6.07) is 0. The summed E-state index contributed by atoms with van der Waals surface area (Å²) < 4.78 is 0. The molecule has 0 spiro atoms. The Bertz CT molecular complexity index is 173. The first kappa shape index (κ1) is 13.1. The van der Waals surface area contributed by atoms with Gasteiger partial charge in [-0.1, -0.05) is 60.3 Å². The zero-order valence-corrected chi connectivity index (χ0v) is 11.4. The number of hydrogen-bond donors (Lipinski definition) is 0. The molecule has 1 aliphatic rings. The average Bonchev–Trinajstić information content (AvgIpc) is 2.27. The Hall–Kier alpha value is 0. The van der Waals surface area contributed by atoms with Crippen LogP contribution in [0.1, 0.15) is 66.7 Å². The molecule has 1 aliphatic carbocycles. The summed E-state index contributed by atoms with van der Waals surface area (Å²) in [6.45, 7) is 12.1. The van der Waals surface area contributed by atoms with Crippen molar-refractivity contribution < 1.29 is 0 Å². The van der Waals surface area contributed by atoms with E-state index in [1.165, 1.54) is 32.1 Å². The molecule has 1 saturated carbocycles. The van der Waals surface area contributed by atoms with Gasteiger partial charge in [0.2, 0.25) is 0 Å². The molecular formula is C15H30. The Labute approximate surface area is 96.8 Å². The zero-order chi connectivity index (χ0) is 11.4. The maximum absolute atomic E-state index is 2.49. The monoisotopic (exact) mass is 210 g/mol. The van der Waals surface area contributed by atoms with E-state index in [1.54, 1.807) is 0 Å². The lowest BCUT2D eigenvalue weighted by Gasteiger charge is -2.46. The van der Waals surface area contributed by atoms with Gasteiger partial charge in [-0.05, 0) is 36.0 Å². The third-order valence-corrected chi connectivity index (χ3v) is 5.05. The largest absolute Gasteiger partial charge is 0.0651 e. The molecule has 0 bridgehead atoms. The number of hydrogen-bond acceptors (Lipinski definition) is 0. The SMILES string of the molecule is CCC1CC(C)C(CC)C(CC)C1CC. The Balaban J connectivity index is 2.80. The number of rotatable bonds is 4. The Morgan fingerprint density at radius 1 is 0.733 bits per heavy atom. The minimum absolute atomic E-state index is 0.965. The van der Waals surface area contributed by atoms with Crippen molar-refractivity contribution in [2.75, 3.05) is 0 Å². The van der Waals surface area contributed by atoms with E-state index < -0.39 is 0 Å². The second kappa shape index (κ2) is 5.92. The van der Waals surface area contributed by atoms with Gasteiger partial charge in [0.15, 0.2) is 0 Å². The molecule has 15 heavy (non-hydrogen) atoms. The smallest absolute Gasteiger partial charge is 0.0355 e. The lowest BCUT2D eigenvalue weighted by molar-refractivity contribution is 0.0338. The van der Waals surface area contributed by atoms with Crippen molar-refractivity contribution in [3.63, 3.8) is 0 Å². The molecule has 0 saturated heterocycles. The summed E-state index contributed by atoms with van der Waals surface area (Å²) in [6.07, 6.45) is 7.09. The fourth-order valence-corrected chi connectivity index (χ4v) is 4.33. The first-order chi connectivity index (χ1) is 7.19. The van der Waals surface area contributed by atoms with Crippen LogP contribution in [0.4, 0.5) is 0 Å². The predicted octanol–water partition coefficient (Wildman–Crippen LogP) is 5.13. The molecule has 5 unspecified atom stereocenters. The third kappa shape index (κ3) is 2.57. The normalized spacial score (nSPS) is 41.8. The molecule has 90 valence electrons. The molecule has 0 heterocycles. The van der Waals surface area contributed by atoms with Crippen molar-refractivity contribution in [3.8, 4) is 0 Å². The lowest BCUT2D eigenvalue weighted by atomic mass is 9.59. The van der Waals surface area contributed by atoms with Gasteiger partial charge in [0.05, 0.1) is 0 Å². The maximum Gasteiger partial charge on any atom is -0.0355 e. The highest BCUT2D eigenvalue weighted by Crippen LogP contribution is 2.47. The minimum Gasteiger partial charge on any atom is -0.0651 e. The van der Waals surface area contributed by atoms with Gasteiger partial charge >= 0.3 is 0 Å². The van der Waals surface area contributed by atoms with Crippen LogP contribution in [0.3, 0.4) is 0 Å². The van der Waals surface area contributed by atoms with Crippen molar-refractivity contribution in [1.29, 1.82) is 0 Å². The van der Waals surface area contributed by atoms with Crippen LogP contribution in [0.15, 0.2) is 0 Å². The molecule has 1 fully saturated rings. The van der Waals surface area contributed by atoms with Crippen molar-refractivity contribution >= 4 is 0 Å². The van der Waals surface area contributed by atoms with Crippen LogP contribution in [0.2, 0.25) is 0 Å². The van der Waals surface area contributed by atoms with Crippen molar-refractivity contribution in [2.45, 2.75) is 66.7 Å². The van der Waals surface area contributed by atoms with Crippen LogP contribution in [-0.4, -0.2) is 0 Å². The minimum atomic E-state index is 0.965. The van der Waals surface area contributed by atoms with Crippen molar-refractivity contribution in [1.82, 2.24) is 0 Å². The Morgan fingerprint density at radius 2 is 1.27 bits per heavy atom. The van der Waals surface area contributed by atoms with Crippen LogP contribution in [0.25, 0.3) is 0 Å². The summed E-state index contributed by atoms with van der Waals surface area (Å²) in [5, 5.41) is 0. The molecule has 0 aromatic heterocycles. The van der Waals surface area contributed by atoms with Crippen LogP contribution in [0.5, 0.6) is 0 Å². The highest BCUT2D eigenvalue weighted by Gasteiger charge is 2.39. The summed E-state index contributed by atoms with van der Waals surface area (Å²) in [4.78, 5) is 0. The van der Waals surface area contributed by atoms with Crippen molar-refractivity contribution in [3.05, 3.63) is 0 Å². The van der Waals surface area contributed by atoms with E-state index in [0.29, 0.717) is 0 Å². The molecule has 0 aliphatic heterocycles. The fraction of sp³-hybridized carbons (Fsp3) is 1.00. The van der Waals surface area contributed by atoms with E-state index in [9.17, 15) is 0 Å². The molecule has 0 aromatic carbocycles. The summed E-state index contributed by atoms with van der Waals surface area (Å²) in [5.74, 6) is 5.00. The van der Waals surface area contributed by atoms with E-state index in [1.807, 2.05) is 0 Å². The zero-order valence-electron chi connectivity index (χ0n) is 11.4. The molecule has 1 rings (SSSR count). The maximum atomic E-state index is 2.49. The average molecular weight is 210 g/mol. The second-order valence-electron chi connectivity index (χ2n) is 5.60. The molecule has 0 N–H and O–H groups in total. The van der Waals surface area contributed by atoms with E-state index in [2.05, 4.69) is 34.6 Å². The van der Waals surface area contributed by atoms with Gasteiger partial charge in [-0.3, -0.25) is 0 Å². The predicted molar refractivity (Wildman–Crippen MR) is 68.9 cm³/mol. The molecule has 5 atom stereocenters. The second-order valence-corrected chi connectivity index (χ2v) is 5.60. The van der Waals surface area contributed by atoms with Gasteiger partial charge in [-0.15, -0.1) is 0 Å². The summed E-state index contributed by atoms with van der Waals surface area (Å²) in [5.41, 5.74) is 0. The van der Waals surface area contributed by atoms with Gasteiger partial charge in [0.1, 0.15) is 0 Å².